The fourth-order valence-corrected chi connectivity index (χ4v) is 3.49. The normalized spacial score (nSPS) is 20.8. The Morgan fingerprint density at radius 3 is 2.86 bits per heavy atom. The molecule has 1 saturated heterocycles. The van der Waals surface area contributed by atoms with Crippen molar-refractivity contribution in [3.63, 3.8) is 0 Å². The lowest BCUT2D eigenvalue weighted by atomic mass is 10.1. The minimum absolute atomic E-state index is 0.271. The number of aliphatic hydroxyl groups excluding tert-OH is 1. The van der Waals surface area contributed by atoms with Crippen molar-refractivity contribution in [2.24, 2.45) is 0 Å². The Bertz CT molecular complexity index is 649. The van der Waals surface area contributed by atoms with E-state index in [1.54, 1.807) is 0 Å². The number of hydrogen-bond acceptors (Lipinski definition) is 3. The van der Waals surface area contributed by atoms with Crippen molar-refractivity contribution in [2.45, 2.75) is 32.9 Å². The molecule has 0 radical (unpaired) electrons. The minimum atomic E-state index is 0.271. The molecule has 1 atom stereocenters. The molecule has 0 amide bonds. The molecule has 1 aliphatic heterocycles. The highest BCUT2D eigenvalue weighted by atomic mass is 16.3. The lowest BCUT2D eigenvalue weighted by Gasteiger charge is -2.39. The van der Waals surface area contributed by atoms with Crippen LogP contribution < -0.4 is 0 Å². The van der Waals surface area contributed by atoms with Gasteiger partial charge >= 0.3 is 0 Å². The summed E-state index contributed by atoms with van der Waals surface area (Å²) in [5, 5.41) is 10.6. The standard InChI is InChI=1S/C18H27N3O/c1-13-4-5-17-16(10-13)14(2)18(19-17)12-21-8-7-20(3)15(11-21)6-9-22/h4-5,10,15,19,22H,6-9,11-12H2,1-3H3/t15-/m0/s1. The van der Waals surface area contributed by atoms with E-state index >= 15 is 0 Å². The average Bonchev–Trinajstić information content (AvgIpc) is 2.79. The summed E-state index contributed by atoms with van der Waals surface area (Å²) in [5.74, 6) is 0. The van der Waals surface area contributed by atoms with Gasteiger partial charge in [0, 0.05) is 55.4 Å². The SMILES string of the molecule is Cc1ccc2[nH]c(CN3CCN(C)[C@@H](CCO)C3)c(C)c2c1. The van der Waals surface area contributed by atoms with Crippen molar-refractivity contribution in [3.05, 3.63) is 35.0 Å². The second-order valence-corrected chi connectivity index (χ2v) is 6.66. The van der Waals surface area contributed by atoms with Crippen LogP contribution >= 0.6 is 0 Å². The lowest BCUT2D eigenvalue weighted by molar-refractivity contribution is 0.0736. The fraction of sp³-hybridized carbons (Fsp3) is 0.556. The average molecular weight is 301 g/mol. The zero-order valence-electron chi connectivity index (χ0n) is 13.9. The molecule has 4 heteroatoms. The predicted octanol–water partition coefficient (Wildman–Crippen LogP) is 2.28. The van der Waals surface area contributed by atoms with Gasteiger partial charge in [-0.15, -0.1) is 0 Å². The maximum Gasteiger partial charge on any atom is 0.0459 e. The second kappa shape index (κ2) is 6.41. The molecule has 1 fully saturated rings. The number of piperazine rings is 1. The summed E-state index contributed by atoms with van der Waals surface area (Å²) in [4.78, 5) is 8.47. The molecule has 4 nitrogen and oxygen atoms in total. The number of hydrogen-bond donors (Lipinski definition) is 2. The first kappa shape index (κ1) is 15.5. The Labute approximate surface area is 132 Å². The molecule has 0 aliphatic carbocycles. The summed E-state index contributed by atoms with van der Waals surface area (Å²) >= 11 is 0. The molecule has 0 unspecified atom stereocenters. The summed E-state index contributed by atoms with van der Waals surface area (Å²) in [7, 11) is 2.16. The number of aryl methyl sites for hydroxylation is 2. The third kappa shape index (κ3) is 3.05. The summed E-state index contributed by atoms with van der Waals surface area (Å²) in [5.41, 5.74) is 5.24. The summed E-state index contributed by atoms with van der Waals surface area (Å²) in [6.45, 7) is 8.80. The summed E-state index contributed by atoms with van der Waals surface area (Å²) < 4.78 is 0. The molecule has 1 aliphatic rings. The Kier molecular flexibility index (Phi) is 4.52. The molecule has 120 valence electrons. The molecular weight excluding hydrogens is 274 g/mol. The van der Waals surface area contributed by atoms with Crippen LogP contribution in [0.3, 0.4) is 0 Å². The second-order valence-electron chi connectivity index (χ2n) is 6.66. The molecule has 1 aromatic heterocycles. The third-order valence-electron chi connectivity index (χ3n) is 5.02. The molecule has 1 aromatic carbocycles. The molecule has 0 spiro atoms. The van der Waals surface area contributed by atoms with Crippen LogP contribution in [0.25, 0.3) is 10.9 Å². The van der Waals surface area contributed by atoms with Crippen LogP contribution in [0.5, 0.6) is 0 Å². The van der Waals surface area contributed by atoms with Gasteiger partial charge in [0.25, 0.3) is 0 Å². The van der Waals surface area contributed by atoms with E-state index in [0.717, 1.165) is 32.6 Å². The van der Waals surface area contributed by atoms with Gasteiger partial charge in [0.15, 0.2) is 0 Å². The highest BCUT2D eigenvalue weighted by molar-refractivity contribution is 5.85. The van der Waals surface area contributed by atoms with Gasteiger partial charge in [0.2, 0.25) is 0 Å². The monoisotopic (exact) mass is 301 g/mol. The van der Waals surface area contributed by atoms with Gasteiger partial charge in [0.05, 0.1) is 0 Å². The fourth-order valence-electron chi connectivity index (χ4n) is 3.49. The largest absolute Gasteiger partial charge is 0.396 e. The molecule has 0 bridgehead atoms. The zero-order chi connectivity index (χ0) is 15.7. The minimum Gasteiger partial charge on any atom is -0.396 e. The van der Waals surface area contributed by atoms with Crippen LogP contribution in [0.15, 0.2) is 18.2 Å². The maximum atomic E-state index is 9.23. The topological polar surface area (TPSA) is 42.5 Å². The first-order chi connectivity index (χ1) is 10.6. The number of aromatic amines is 1. The Hall–Kier alpha value is -1.36. The van der Waals surface area contributed by atoms with E-state index in [9.17, 15) is 5.11 Å². The first-order valence-corrected chi connectivity index (χ1v) is 8.19. The summed E-state index contributed by atoms with van der Waals surface area (Å²) in [6.07, 6.45) is 0.859. The summed E-state index contributed by atoms with van der Waals surface area (Å²) in [6, 6.07) is 7.07. The Balaban J connectivity index is 1.77. The van der Waals surface area contributed by atoms with Crippen molar-refractivity contribution in [1.29, 1.82) is 0 Å². The number of likely N-dealkylation sites (N-methyl/N-ethyl adjacent to an activating group) is 1. The van der Waals surface area contributed by atoms with Gasteiger partial charge in [-0.25, -0.2) is 0 Å². The molecule has 0 saturated carbocycles. The van der Waals surface area contributed by atoms with Crippen molar-refractivity contribution in [1.82, 2.24) is 14.8 Å². The molecular formula is C18H27N3O. The number of nitrogens with zero attached hydrogens (tertiary/aromatic N) is 2. The van der Waals surface area contributed by atoms with Crippen LogP contribution in [0.1, 0.15) is 23.2 Å². The van der Waals surface area contributed by atoms with E-state index in [1.165, 1.54) is 27.7 Å². The van der Waals surface area contributed by atoms with Crippen molar-refractivity contribution in [3.8, 4) is 0 Å². The number of nitrogens with one attached hydrogen (secondary N) is 1. The van der Waals surface area contributed by atoms with Gasteiger partial charge in [-0.05, 0) is 45.0 Å². The molecule has 22 heavy (non-hydrogen) atoms. The molecule has 2 heterocycles. The Morgan fingerprint density at radius 2 is 2.09 bits per heavy atom. The third-order valence-corrected chi connectivity index (χ3v) is 5.02. The van der Waals surface area contributed by atoms with Gasteiger partial charge < -0.3 is 15.0 Å². The first-order valence-electron chi connectivity index (χ1n) is 8.19. The Morgan fingerprint density at radius 1 is 1.27 bits per heavy atom. The number of H-pyrrole nitrogens is 1. The lowest BCUT2D eigenvalue weighted by Crippen LogP contribution is -2.51. The van der Waals surface area contributed by atoms with E-state index in [2.05, 4.69) is 53.9 Å². The number of aromatic nitrogens is 1. The number of fused-ring (bicyclic) bond motifs is 1. The van der Waals surface area contributed by atoms with Gasteiger partial charge in [-0.3, -0.25) is 4.90 Å². The molecule has 2 aromatic rings. The maximum absolute atomic E-state index is 9.23. The van der Waals surface area contributed by atoms with Crippen molar-refractivity contribution in [2.75, 3.05) is 33.3 Å². The van der Waals surface area contributed by atoms with E-state index in [1.807, 2.05) is 0 Å². The highest BCUT2D eigenvalue weighted by Gasteiger charge is 2.24. The van der Waals surface area contributed by atoms with E-state index in [4.69, 9.17) is 0 Å². The zero-order valence-corrected chi connectivity index (χ0v) is 13.9. The number of benzene rings is 1. The van der Waals surface area contributed by atoms with Crippen LogP contribution in [0.2, 0.25) is 0 Å². The number of rotatable bonds is 4. The highest BCUT2D eigenvalue weighted by Crippen LogP contribution is 2.24. The van der Waals surface area contributed by atoms with Crippen molar-refractivity contribution >= 4 is 10.9 Å². The van der Waals surface area contributed by atoms with Crippen LogP contribution in [-0.4, -0.2) is 59.2 Å². The molecule has 2 N–H and O–H groups in total. The van der Waals surface area contributed by atoms with Crippen LogP contribution in [0, 0.1) is 13.8 Å². The molecule has 3 rings (SSSR count). The number of aliphatic hydroxyl groups is 1. The van der Waals surface area contributed by atoms with Gasteiger partial charge in [-0.1, -0.05) is 11.6 Å². The van der Waals surface area contributed by atoms with E-state index in [-0.39, 0.29) is 6.61 Å². The quantitative estimate of drug-likeness (QED) is 0.910. The predicted molar refractivity (Wildman–Crippen MR) is 91.2 cm³/mol. The van der Waals surface area contributed by atoms with Crippen molar-refractivity contribution < 1.29 is 5.11 Å². The van der Waals surface area contributed by atoms with E-state index < -0.39 is 0 Å². The van der Waals surface area contributed by atoms with Crippen LogP contribution in [-0.2, 0) is 6.54 Å². The van der Waals surface area contributed by atoms with Gasteiger partial charge in [-0.2, -0.15) is 0 Å². The van der Waals surface area contributed by atoms with Gasteiger partial charge in [0.1, 0.15) is 0 Å². The van der Waals surface area contributed by atoms with Crippen LogP contribution in [0.4, 0.5) is 0 Å². The van der Waals surface area contributed by atoms with E-state index in [0.29, 0.717) is 6.04 Å². The smallest absolute Gasteiger partial charge is 0.0459 e.